The maximum absolute atomic E-state index is 13.1. The largest absolute Gasteiger partial charge is 0.354 e. The van der Waals surface area contributed by atoms with E-state index in [2.05, 4.69) is 16.0 Å². The third-order valence-electron chi connectivity index (χ3n) is 5.51. The van der Waals surface area contributed by atoms with Gasteiger partial charge in [0.05, 0.1) is 10.9 Å². The minimum Gasteiger partial charge on any atom is -0.354 e. The summed E-state index contributed by atoms with van der Waals surface area (Å²) in [5, 5.41) is 9.62. The molecular formula is C21H21N7O3. The Morgan fingerprint density at radius 3 is 2.65 bits per heavy atom. The summed E-state index contributed by atoms with van der Waals surface area (Å²) in [6, 6.07) is 8.66. The molecule has 0 aliphatic carbocycles. The van der Waals surface area contributed by atoms with Crippen LogP contribution in [0.3, 0.4) is 0 Å². The van der Waals surface area contributed by atoms with Gasteiger partial charge in [0, 0.05) is 46.5 Å². The molecule has 3 aromatic rings. The maximum atomic E-state index is 13.1. The van der Waals surface area contributed by atoms with Crippen LogP contribution in [0.25, 0.3) is 11.0 Å². The molecule has 158 valence electrons. The Morgan fingerprint density at radius 1 is 1.06 bits per heavy atom. The quantitative estimate of drug-likeness (QED) is 0.584. The fraction of sp³-hybridized carbons (Fsp3) is 0.333. The van der Waals surface area contributed by atoms with Gasteiger partial charge in [0.2, 0.25) is 0 Å². The molecule has 0 unspecified atom stereocenters. The van der Waals surface area contributed by atoms with Crippen LogP contribution in [0.15, 0.2) is 40.1 Å². The van der Waals surface area contributed by atoms with Gasteiger partial charge in [-0.15, -0.1) is 0 Å². The minimum absolute atomic E-state index is 0.180. The van der Waals surface area contributed by atoms with Crippen molar-refractivity contribution in [1.29, 1.82) is 5.26 Å². The lowest BCUT2D eigenvalue weighted by Gasteiger charge is -2.23. The zero-order chi connectivity index (χ0) is 22.1. The average molecular weight is 419 g/mol. The number of aromatic nitrogens is 4. The average Bonchev–Trinajstić information content (AvgIpc) is 3.06. The van der Waals surface area contributed by atoms with E-state index in [1.165, 1.54) is 30.8 Å². The summed E-state index contributed by atoms with van der Waals surface area (Å²) in [5.74, 6) is 0.354. The van der Waals surface area contributed by atoms with Gasteiger partial charge in [-0.1, -0.05) is 0 Å². The number of carbonyl (C=O) groups excluding carboxylic acids is 1. The second-order valence-corrected chi connectivity index (χ2v) is 7.39. The Morgan fingerprint density at radius 2 is 1.87 bits per heavy atom. The van der Waals surface area contributed by atoms with E-state index in [1.807, 2.05) is 4.90 Å². The summed E-state index contributed by atoms with van der Waals surface area (Å²) in [4.78, 5) is 50.0. The number of nitrogens with zero attached hydrogens (tertiary/aromatic N) is 7. The predicted molar refractivity (Wildman–Crippen MR) is 114 cm³/mol. The molecule has 0 aromatic carbocycles. The number of hydrogen-bond donors (Lipinski definition) is 0. The third kappa shape index (κ3) is 3.54. The highest BCUT2D eigenvalue weighted by Crippen LogP contribution is 2.19. The number of nitriles is 1. The topological polar surface area (TPSA) is 117 Å². The maximum Gasteiger partial charge on any atom is 0.332 e. The summed E-state index contributed by atoms with van der Waals surface area (Å²) in [7, 11) is 2.93. The number of carbonyl (C=O) groups is 1. The number of fused-ring (bicyclic) bond motifs is 1. The van der Waals surface area contributed by atoms with E-state index in [0.29, 0.717) is 44.0 Å². The Kier molecular flexibility index (Phi) is 5.25. The molecule has 10 nitrogen and oxygen atoms in total. The monoisotopic (exact) mass is 419 g/mol. The molecular weight excluding hydrogens is 398 g/mol. The van der Waals surface area contributed by atoms with E-state index in [1.54, 1.807) is 23.2 Å². The van der Waals surface area contributed by atoms with Gasteiger partial charge in [-0.2, -0.15) is 5.26 Å². The van der Waals surface area contributed by atoms with Gasteiger partial charge < -0.3 is 9.80 Å². The minimum atomic E-state index is -0.497. The summed E-state index contributed by atoms with van der Waals surface area (Å²) in [6.07, 6.45) is 2.36. The SMILES string of the molecule is Cn1c(=O)c2ccc(C(=O)N3CCCN(c4ncccc4C#N)CC3)nc2n(C)c1=O. The molecule has 1 saturated heterocycles. The lowest BCUT2D eigenvalue weighted by Crippen LogP contribution is -2.38. The van der Waals surface area contributed by atoms with Gasteiger partial charge in [0.1, 0.15) is 23.2 Å². The fourth-order valence-electron chi connectivity index (χ4n) is 3.80. The van der Waals surface area contributed by atoms with Crippen LogP contribution in [-0.2, 0) is 14.1 Å². The van der Waals surface area contributed by atoms with E-state index >= 15 is 0 Å². The van der Waals surface area contributed by atoms with Crippen LogP contribution in [0.5, 0.6) is 0 Å². The van der Waals surface area contributed by atoms with Crippen molar-refractivity contribution in [3.05, 3.63) is 62.6 Å². The van der Waals surface area contributed by atoms with E-state index in [-0.39, 0.29) is 22.6 Å². The smallest absolute Gasteiger partial charge is 0.332 e. The van der Waals surface area contributed by atoms with Crippen molar-refractivity contribution in [3.63, 3.8) is 0 Å². The number of hydrogen-bond acceptors (Lipinski definition) is 7. The van der Waals surface area contributed by atoms with Gasteiger partial charge in [0.25, 0.3) is 11.5 Å². The molecule has 1 fully saturated rings. The first-order valence-corrected chi connectivity index (χ1v) is 9.88. The molecule has 0 N–H and O–H groups in total. The molecule has 0 saturated carbocycles. The van der Waals surface area contributed by atoms with Crippen LogP contribution in [0.4, 0.5) is 5.82 Å². The Bertz CT molecular complexity index is 1340. The summed E-state index contributed by atoms with van der Waals surface area (Å²) >= 11 is 0. The number of pyridine rings is 2. The van der Waals surface area contributed by atoms with Crippen molar-refractivity contribution in [3.8, 4) is 6.07 Å². The van der Waals surface area contributed by atoms with Crippen molar-refractivity contribution in [1.82, 2.24) is 24.0 Å². The molecule has 31 heavy (non-hydrogen) atoms. The van der Waals surface area contributed by atoms with Crippen molar-refractivity contribution in [2.45, 2.75) is 6.42 Å². The standard InChI is InChI=1S/C21H21N7O3/c1-25-18-15(19(29)26(2)21(25)31)6-7-16(24-18)20(30)28-10-4-9-27(11-12-28)17-14(13-22)5-3-8-23-17/h3,5-8H,4,9-12H2,1-2H3. The van der Waals surface area contributed by atoms with Crippen molar-refractivity contribution in [2.75, 3.05) is 31.1 Å². The summed E-state index contributed by atoms with van der Waals surface area (Å²) in [6.45, 7) is 2.17. The molecule has 0 bridgehead atoms. The molecule has 3 aromatic heterocycles. The molecule has 0 atom stereocenters. The van der Waals surface area contributed by atoms with Crippen molar-refractivity contribution in [2.24, 2.45) is 14.1 Å². The predicted octanol–water partition coefficient (Wildman–Crippen LogP) is 0.251. The molecule has 1 amide bonds. The van der Waals surface area contributed by atoms with E-state index < -0.39 is 11.2 Å². The molecule has 1 aliphatic rings. The number of rotatable bonds is 2. The molecule has 10 heteroatoms. The highest BCUT2D eigenvalue weighted by Gasteiger charge is 2.24. The Labute approximate surface area is 177 Å². The first-order valence-electron chi connectivity index (χ1n) is 9.88. The highest BCUT2D eigenvalue weighted by atomic mass is 16.2. The first kappa shape index (κ1) is 20.3. The van der Waals surface area contributed by atoms with Crippen LogP contribution in [0.1, 0.15) is 22.5 Å². The number of amides is 1. The van der Waals surface area contributed by atoms with Crippen LogP contribution in [0, 0.1) is 11.3 Å². The van der Waals surface area contributed by atoms with E-state index in [0.717, 1.165) is 4.57 Å². The van der Waals surface area contributed by atoms with E-state index in [9.17, 15) is 19.6 Å². The van der Waals surface area contributed by atoms with Gasteiger partial charge in [-0.3, -0.25) is 18.7 Å². The molecule has 4 heterocycles. The second-order valence-electron chi connectivity index (χ2n) is 7.39. The van der Waals surface area contributed by atoms with Crippen molar-refractivity contribution >= 4 is 22.8 Å². The van der Waals surface area contributed by atoms with Crippen LogP contribution >= 0.6 is 0 Å². The fourth-order valence-corrected chi connectivity index (χ4v) is 3.80. The molecule has 1 aliphatic heterocycles. The zero-order valence-electron chi connectivity index (χ0n) is 17.3. The summed E-state index contributed by atoms with van der Waals surface area (Å²) in [5.41, 5.74) is -0.0781. The van der Waals surface area contributed by atoms with Gasteiger partial charge in [-0.05, 0) is 30.7 Å². The second kappa shape index (κ2) is 8.02. The zero-order valence-corrected chi connectivity index (χ0v) is 17.3. The normalized spacial score (nSPS) is 14.4. The summed E-state index contributed by atoms with van der Waals surface area (Å²) < 4.78 is 2.28. The van der Waals surface area contributed by atoms with Crippen LogP contribution < -0.4 is 16.1 Å². The molecule has 0 spiro atoms. The third-order valence-corrected chi connectivity index (χ3v) is 5.51. The Balaban J connectivity index is 1.60. The lowest BCUT2D eigenvalue weighted by molar-refractivity contribution is 0.0761. The van der Waals surface area contributed by atoms with Crippen molar-refractivity contribution < 1.29 is 4.79 Å². The number of anilines is 1. The van der Waals surface area contributed by atoms with Gasteiger partial charge in [-0.25, -0.2) is 14.8 Å². The highest BCUT2D eigenvalue weighted by molar-refractivity contribution is 5.94. The van der Waals surface area contributed by atoms with Crippen LogP contribution in [0.2, 0.25) is 0 Å². The van der Waals surface area contributed by atoms with E-state index in [4.69, 9.17) is 0 Å². The lowest BCUT2D eigenvalue weighted by atomic mass is 10.2. The first-order chi connectivity index (χ1) is 14.9. The molecule has 0 radical (unpaired) electrons. The molecule has 4 rings (SSSR count). The Hall–Kier alpha value is -4.00. The van der Waals surface area contributed by atoms with Gasteiger partial charge in [0.15, 0.2) is 0 Å². The number of aryl methyl sites for hydroxylation is 1. The van der Waals surface area contributed by atoms with Gasteiger partial charge >= 0.3 is 5.69 Å². The van der Waals surface area contributed by atoms with Crippen LogP contribution in [-0.4, -0.2) is 56.1 Å².